The van der Waals surface area contributed by atoms with Crippen LogP contribution in [-0.4, -0.2) is 16.6 Å². The quantitative estimate of drug-likeness (QED) is 0.601. The Bertz CT molecular complexity index is 384. The van der Waals surface area contributed by atoms with E-state index in [0.29, 0.717) is 17.3 Å². The normalized spacial score (nSPS) is 29.9. The summed E-state index contributed by atoms with van der Waals surface area (Å²) in [4.78, 5) is 12.4. The zero-order valence-electron chi connectivity index (χ0n) is 12.2. The predicted octanol–water partition coefficient (Wildman–Crippen LogP) is 3.20. The number of nitrogens with two attached hydrogens (primary N) is 1. The summed E-state index contributed by atoms with van der Waals surface area (Å²) in [5.74, 6) is 1.22. The maximum Gasteiger partial charge on any atom is 0.306 e. The minimum absolute atomic E-state index is 0.0680. The zero-order chi connectivity index (χ0) is 14.3. The molecule has 2 aliphatic rings. The van der Waals surface area contributed by atoms with Gasteiger partial charge in [-0.05, 0) is 51.9 Å². The Morgan fingerprint density at radius 1 is 1.42 bits per heavy atom. The van der Waals surface area contributed by atoms with E-state index in [4.69, 9.17) is 22.7 Å². The number of ether oxygens (including phenoxy) is 1. The number of thiocarbonyl (C=S) groups is 1. The molecule has 19 heavy (non-hydrogen) atoms. The molecule has 0 radical (unpaired) electrons. The largest absolute Gasteiger partial charge is 0.460 e. The summed E-state index contributed by atoms with van der Waals surface area (Å²) in [6.07, 6.45) is 6.20. The van der Waals surface area contributed by atoms with Crippen LogP contribution in [0.25, 0.3) is 0 Å². The second kappa shape index (κ2) is 5.04. The first-order chi connectivity index (χ1) is 8.73. The third kappa shape index (κ3) is 3.91. The van der Waals surface area contributed by atoms with E-state index in [0.717, 1.165) is 25.2 Å². The first-order valence-electron chi connectivity index (χ1n) is 7.25. The molecule has 0 unspecified atom stereocenters. The lowest BCUT2D eigenvalue weighted by Gasteiger charge is -2.20. The Morgan fingerprint density at radius 2 is 2.05 bits per heavy atom. The number of hydrogen-bond acceptors (Lipinski definition) is 3. The van der Waals surface area contributed by atoms with Crippen molar-refractivity contribution in [2.75, 3.05) is 0 Å². The highest BCUT2D eigenvalue weighted by Crippen LogP contribution is 2.61. The van der Waals surface area contributed by atoms with Gasteiger partial charge in [0.05, 0.1) is 4.99 Å². The second-order valence-corrected chi connectivity index (χ2v) is 7.63. The van der Waals surface area contributed by atoms with Gasteiger partial charge < -0.3 is 10.5 Å². The van der Waals surface area contributed by atoms with Gasteiger partial charge in [0.2, 0.25) is 0 Å². The molecule has 0 aliphatic heterocycles. The standard InChI is InChI=1S/C15H25NO2S/c1-14(2,3)18-12(17)7-6-11-9-15(11,13(16)19)8-10-4-5-10/h10-11H,4-9H2,1-3H3,(H2,16,19)/t11-,15+/m0/s1. The lowest BCUT2D eigenvalue weighted by Crippen LogP contribution is -2.26. The topological polar surface area (TPSA) is 52.3 Å². The van der Waals surface area contributed by atoms with Crippen LogP contribution in [0.4, 0.5) is 0 Å². The summed E-state index contributed by atoms with van der Waals surface area (Å²) in [5.41, 5.74) is 5.60. The van der Waals surface area contributed by atoms with E-state index >= 15 is 0 Å². The molecule has 4 heteroatoms. The average Bonchev–Trinajstić information content (AvgIpc) is 3.11. The first kappa shape index (κ1) is 14.8. The number of carbonyl (C=O) groups is 1. The van der Waals surface area contributed by atoms with E-state index < -0.39 is 5.60 Å². The summed E-state index contributed by atoms with van der Waals surface area (Å²) >= 11 is 5.25. The van der Waals surface area contributed by atoms with Gasteiger partial charge in [-0.15, -0.1) is 0 Å². The van der Waals surface area contributed by atoms with E-state index in [2.05, 4.69) is 0 Å². The summed E-state index contributed by atoms with van der Waals surface area (Å²) < 4.78 is 5.33. The van der Waals surface area contributed by atoms with Crippen molar-refractivity contribution in [3.63, 3.8) is 0 Å². The lowest BCUT2D eigenvalue weighted by molar-refractivity contribution is -0.155. The molecule has 2 atom stereocenters. The first-order valence-corrected chi connectivity index (χ1v) is 7.65. The highest BCUT2D eigenvalue weighted by atomic mass is 32.1. The molecular weight excluding hydrogens is 258 g/mol. The number of carbonyl (C=O) groups excluding carboxylic acids is 1. The molecule has 0 saturated heterocycles. The van der Waals surface area contributed by atoms with Crippen LogP contribution in [0.3, 0.4) is 0 Å². The molecule has 2 aliphatic carbocycles. The van der Waals surface area contributed by atoms with Crippen molar-refractivity contribution in [1.29, 1.82) is 0 Å². The van der Waals surface area contributed by atoms with Crippen LogP contribution >= 0.6 is 12.2 Å². The fraction of sp³-hybridized carbons (Fsp3) is 0.867. The van der Waals surface area contributed by atoms with Gasteiger partial charge in [-0.3, -0.25) is 4.79 Å². The molecule has 0 spiro atoms. The van der Waals surface area contributed by atoms with Gasteiger partial charge in [-0.2, -0.15) is 0 Å². The Hall–Kier alpha value is -0.640. The summed E-state index contributed by atoms with van der Waals surface area (Å²) in [7, 11) is 0. The molecule has 3 nitrogen and oxygen atoms in total. The van der Waals surface area contributed by atoms with Crippen LogP contribution in [-0.2, 0) is 9.53 Å². The maximum absolute atomic E-state index is 11.7. The monoisotopic (exact) mass is 283 g/mol. The third-order valence-corrected chi connectivity index (χ3v) is 4.60. The number of hydrogen-bond donors (Lipinski definition) is 1. The van der Waals surface area contributed by atoms with Crippen molar-refractivity contribution < 1.29 is 9.53 Å². The minimum Gasteiger partial charge on any atom is -0.460 e. The van der Waals surface area contributed by atoms with Crippen molar-refractivity contribution >= 4 is 23.2 Å². The Labute approximate surface area is 121 Å². The number of esters is 1. The molecule has 0 aromatic heterocycles. The van der Waals surface area contributed by atoms with Gasteiger partial charge in [0.1, 0.15) is 5.60 Å². The fourth-order valence-corrected chi connectivity index (χ4v) is 3.27. The van der Waals surface area contributed by atoms with Crippen LogP contribution < -0.4 is 5.73 Å². The average molecular weight is 283 g/mol. The molecule has 0 aromatic carbocycles. The van der Waals surface area contributed by atoms with Gasteiger partial charge in [-0.1, -0.05) is 25.1 Å². The van der Waals surface area contributed by atoms with Crippen LogP contribution in [0.2, 0.25) is 0 Å². The molecule has 2 rings (SSSR count). The smallest absolute Gasteiger partial charge is 0.306 e. The summed E-state index contributed by atoms with van der Waals surface area (Å²) in [6.45, 7) is 5.69. The fourth-order valence-electron chi connectivity index (χ4n) is 2.93. The molecule has 0 bridgehead atoms. The third-order valence-electron chi connectivity index (χ3n) is 4.19. The van der Waals surface area contributed by atoms with Crippen molar-refractivity contribution in [3.05, 3.63) is 0 Å². The molecule has 2 fully saturated rings. The Balaban J connectivity index is 1.78. The molecule has 2 N–H and O–H groups in total. The lowest BCUT2D eigenvalue weighted by atomic mass is 9.94. The van der Waals surface area contributed by atoms with E-state index in [1.165, 1.54) is 12.8 Å². The second-order valence-electron chi connectivity index (χ2n) is 7.19. The van der Waals surface area contributed by atoms with Crippen molar-refractivity contribution in [2.45, 2.75) is 64.9 Å². The van der Waals surface area contributed by atoms with Crippen LogP contribution in [0, 0.1) is 17.3 Å². The van der Waals surface area contributed by atoms with Crippen molar-refractivity contribution in [3.8, 4) is 0 Å². The predicted molar refractivity (Wildman–Crippen MR) is 79.7 cm³/mol. The molecular formula is C15H25NO2S. The van der Waals surface area contributed by atoms with Crippen LogP contribution in [0.5, 0.6) is 0 Å². The van der Waals surface area contributed by atoms with E-state index in [1.54, 1.807) is 0 Å². The minimum atomic E-state index is -0.394. The van der Waals surface area contributed by atoms with E-state index in [-0.39, 0.29) is 11.4 Å². The molecule has 0 heterocycles. The highest BCUT2D eigenvalue weighted by molar-refractivity contribution is 7.80. The van der Waals surface area contributed by atoms with Crippen LogP contribution in [0.15, 0.2) is 0 Å². The van der Waals surface area contributed by atoms with E-state index in [9.17, 15) is 4.79 Å². The molecule has 2 saturated carbocycles. The van der Waals surface area contributed by atoms with Crippen molar-refractivity contribution in [1.82, 2.24) is 0 Å². The molecule has 108 valence electrons. The van der Waals surface area contributed by atoms with E-state index in [1.807, 2.05) is 20.8 Å². The SMILES string of the molecule is CC(C)(C)OC(=O)CC[C@H]1C[C@@]1(CC1CC1)C(N)=S. The highest BCUT2D eigenvalue weighted by Gasteiger charge is 2.57. The zero-order valence-corrected chi connectivity index (χ0v) is 13.0. The summed E-state index contributed by atoms with van der Waals surface area (Å²) in [6, 6.07) is 0. The van der Waals surface area contributed by atoms with Gasteiger partial charge in [0.25, 0.3) is 0 Å². The van der Waals surface area contributed by atoms with Gasteiger partial charge in [0.15, 0.2) is 0 Å². The van der Waals surface area contributed by atoms with Gasteiger partial charge >= 0.3 is 5.97 Å². The molecule has 0 aromatic rings. The summed E-state index contributed by atoms with van der Waals surface area (Å²) in [5, 5.41) is 0. The maximum atomic E-state index is 11.7. The molecule has 0 amide bonds. The van der Waals surface area contributed by atoms with Gasteiger partial charge in [-0.25, -0.2) is 0 Å². The van der Waals surface area contributed by atoms with Crippen LogP contribution in [0.1, 0.15) is 59.3 Å². The van der Waals surface area contributed by atoms with Crippen molar-refractivity contribution in [2.24, 2.45) is 23.0 Å². The number of rotatable bonds is 6. The van der Waals surface area contributed by atoms with Gasteiger partial charge in [0, 0.05) is 11.8 Å². The Kier molecular flexibility index (Phi) is 3.92. The Morgan fingerprint density at radius 3 is 2.53 bits per heavy atom.